The molecule has 0 atom stereocenters. The third-order valence-corrected chi connectivity index (χ3v) is 5.19. The summed E-state index contributed by atoms with van der Waals surface area (Å²) < 4.78 is 31.6. The van der Waals surface area contributed by atoms with Gasteiger partial charge in [-0.1, -0.05) is 18.2 Å². The second-order valence-electron chi connectivity index (χ2n) is 4.87. The van der Waals surface area contributed by atoms with Crippen LogP contribution in [0.4, 0.5) is 0 Å². The van der Waals surface area contributed by atoms with Crippen molar-refractivity contribution in [1.29, 1.82) is 5.26 Å². The Kier molecular flexibility index (Phi) is 3.79. The number of nitrogens with zero attached hydrogens (tertiary/aromatic N) is 3. The quantitative estimate of drug-likeness (QED) is 0.851. The van der Waals surface area contributed by atoms with Crippen molar-refractivity contribution in [3.05, 3.63) is 54.2 Å². The summed E-state index contributed by atoms with van der Waals surface area (Å²) in [5, 5.41) is 8.82. The lowest BCUT2D eigenvalue weighted by atomic mass is 10.2. The highest BCUT2D eigenvalue weighted by molar-refractivity contribution is 7.89. The van der Waals surface area contributed by atoms with Gasteiger partial charge in [-0.15, -0.1) is 0 Å². The molecule has 112 valence electrons. The first-order valence-electron chi connectivity index (χ1n) is 6.67. The number of aromatic nitrogens is 1. The number of pyridine rings is 1. The first-order chi connectivity index (χ1) is 10.6. The van der Waals surface area contributed by atoms with Crippen molar-refractivity contribution in [3.63, 3.8) is 0 Å². The largest absolute Gasteiger partial charge is 0.471 e. The van der Waals surface area contributed by atoms with Crippen LogP contribution in [0.1, 0.15) is 5.56 Å². The molecular formula is C15H13N3O3S. The lowest BCUT2D eigenvalue weighted by molar-refractivity contribution is 0.0720. The maximum absolute atomic E-state index is 12.3. The van der Waals surface area contributed by atoms with E-state index < -0.39 is 10.0 Å². The Morgan fingerprint density at radius 2 is 1.95 bits per heavy atom. The standard InChI is InChI=1S/C15H13N3O3S/c16-9-12-6-7-17-15(8-12)21-13-10-18(11-13)22(19,20)14-4-2-1-3-5-14/h1-8,13H,10-11H2. The average Bonchev–Trinajstić information content (AvgIpc) is 2.51. The van der Waals surface area contributed by atoms with Crippen molar-refractivity contribution in [3.8, 4) is 11.9 Å². The number of benzene rings is 1. The molecule has 0 spiro atoms. The van der Waals surface area contributed by atoms with Crippen LogP contribution in [-0.4, -0.2) is 36.9 Å². The van der Waals surface area contributed by atoms with Crippen molar-refractivity contribution in [2.75, 3.05) is 13.1 Å². The highest BCUT2D eigenvalue weighted by Gasteiger charge is 2.38. The molecule has 0 bridgehead atoms. The first-order valence-corrected chi connectivity index (χ1v) is 8.11. The Morgan fingerprint density at radius 3 is 2.64 bits per heavy atom. The van der Waals surface area contributed by atoms with E-state index in [1.807, 2.05) is 6.07 Å². The molecule has 6 nitrogen and oxygen atoms in total. The minimum atomic E-state index is -3.46. The van der Waals surface area contributed by atoms with Gasteiger partial charge >= 0.3 is 0 Å². The van der Waals surface area contributed by atoms with E-state index in [0.717, 1.165) is 0 Å². The molecule has 2 aromatic rings. The third kappa shape index (κ3) is 2.79. The summed E-state index contributed by atoms with van der Waals surface area (Å²) in [6, 6.07) is 13.4. The second kappa shape index (κ2) is 5.75. The lowest BCUT2D eigenvalue weighted by Gasteiger charge is -2.37. The van der Waals surface area contributed by atoms with Gasteiger partial charge in [-0.25, -0.2) is 13.4 Å². The third-order valence-electron chi connectivity index (χ3n) is 3.35. The fourth-order valence-electron chi connectivity index (χ4n) is 2.13. The molecule has 1 saturated heterocycles. The fraction of sp³-hybridized carbons (Fsp3) is 0.200. The van der Waals surface area contributed by atoms with Crippen LogP contribution in [0.2, 0.25) is 0 Å². The summed E-state index contributed by atoms with van der Waals surface area (Å²) in [6.07, 6.45) is 1.24. The zero-order valence-electron chi connectivity index (χ0n) is 11.6. The van der Waals surface area contributed by atoms with Crippen LogP contribution in [0.5, 0.6) is 5.88 Å². The number of hydrogen-bond acceptors (Lipinski definition) is 5. The number of nitriles is 1. The molecule has 1 aliphatic rings. The maximum Gasteiger partial charge on any atom is 0.243 e. The van der Waals surface area contributed by atoms with E-state index in [4.69, 9.17) is 10.00 Å². The number of sulfonamides is 1. The van der Waals surface area contributed by atoms with Gasteiger partial charge in [0, 0.05) is 12.3 Å². The van der Waals surface area contributed by atoms with Crippen LogP contribution in [0.25, 0.3) is 0 Å². The van der Waals surface area contributed by atoms with Crippen LogP contribution < -0.4 is 4.74 Å². The number of rotatable bonds is 4. The Balaban J connectivity index is 1.64. The van der Waals surface area contributed by atoms with E-state index in [2.05, 4.69) is 4.98 Å². The molecule has 1 aliphatic heterocycles. The van der Waals surface area contributed by atoms with Crippen LogP contribution in [0.15, 0.2) is 53.6 Å². The molecule has 0 aliphatic carbocycles. The molecule has 0 N–H and O–H groups in total. The highest BCUT2D eigenvalue weighted by Crippen LogP contribution is 2.24. The molecule has 0 unspecified atom stereocenters. The predicted molar refractivity (Wildman–Crippen MR) is 78.6 cm³/mol. The van der Waals surface area contributed by atoms with Gasteiger partial charge in [0.1, 0.15) is 6.10 Å². The van der Waals surface area contributed by atoms with Gasteiger partial charge < -0.3 is 4.74 Å². The molecule has 1 aromatic carbocycles. The summed E-state index contributed by atoms with van der Waals surface area (Å²) in [7, 11) is -3.46. The molecule has 22 heavy (non-hydrogen) atoms. The number of ether oxygens (including phenoxy) is 1. The first kappa shape index (κ1) is 14.5. The van der Waals surface area contributed by atoms with Crippen molar-refractivity contribution >= 4 is 10.0 Å². The molecule has 0 amide bonds. The summed E-state index contributed by atoms with van der Waals surface area (Å²) >= 11 is 0. The van der Waals surface area contributed by atoms with Gasteiger partial charge in [0.2, 0.25) is 15.9 Å². The minimum absolute atomic E-state index is 0.250. The molecule has 7 heteroatoms. The molecule has 3 rings (SSSR count). The van der Waals surface area contributed by atoms with Crippen molar-refractivity contribution < 1.29 is 13.2 Å². The van der Waals surface area contributed by atoms with Gasteiger partial charge in [0.25, 0.3) is 0 Å². The van der Waals surface area contributed by atoms with Crippen LogP contribution in [0.3, 0.4) is 0 Å². The van der Waals surface area contributed by atoms with Crippen molar-refractivity contribution in [1.82, 2.24) is 9.29 Å². The summed E-state index contributed by atoms with van der Waals surface area (Å²) in [5.74, 6) is 0.334. The van der Waals surface area contributed by atoms with E-state index >= 15 is 0 Å². The van der Waals surface area contributed by atoms with Gasteiger partial charge in [0.15, 0.2) is 0 Å². The normalized spacial score (nSPS) is 15.8. The van der Waals surface area contributed by atoms with Gasteiger partial charge in [-0.3, -0.25) is 0 Å². The molecule has 0 saturated carbocycles. The summed E-state index contributed by atoms with van der Waals surface area (Å²) in [6.45, 7) is 0.547. The predicted octanol–water partition coefficient (Wildman–Crippen LogP) is 1.41. The Morgan fingerprint density at radius 1 is 1.23 bits per heavy atom. The summed E-state index contributed by atoms with van der Waals surface area (Å²) in [5.41, 5.74) is 0.457. The molecule has 1 aromatic heterocycles. The van der Waals surface area contributed by atoms with Crippen molar-refractivity contribution in [2.45, 2.75) is 11.0 Å². The molecule has 1 fully saturated rings. The second-order valence-corrected chi connectivity index (χ2v) is 6.81. The van der Waals surface area contributed by atoms with E-state index in [-0.39, 0.29) is 24.1 Å². The minimum Gasteiger partial charge on any atom is -0.471 e. The monoisotopic (exact) mass is 315 g/mol. The zero-order valence-corrected chi connectivity index (χ0v) is 12.4. The van der Waals surface area contributed by atoms with Gasteiger partial charge in [0.05, 0.1) is 29.6 Å². The Labute approximate surface area is 128 Å². The maximum atomic E-state index is 12.3. The summed E-state index contributed by atoms with van der Waals surface area (Å²) in [4.78, 5) is 4.29. The average molecular weight is 315 g/mol. The van der Waals surface area contributed by atoms with E-state index in [9.17, 15) is 8.42 Å². The van der Waals surface area contributed by atoms with Gasteiger partial charge in [-0.2, -0.15) is 9.57 Å². The van der Waals surface area contributed by atoms with Gasteiger partial charge in [-0.05, 0) is 18.2 Å². The lowest BCUT2D eigenvalue weighted by Crippen LogP contribution is -2.56. The topological polar surface area (TPSA) is 83.3 Å². The van der Waals surface area contributed by atoms with E-state index in [1.54, 1.807) is 36.4 Å². The Hall–Kier alpha value is -2.43. The molecule has 0 radical (unpaired) electrons. The van der Waals surface area contributed by atoms with Crippen LogP contribution in [0, 0.1) is 11.3 Å². The van der Waals surface area contributed by atoms with Crippen LogP contribution in [-0.2, 0) is 10.0 Å². The zero-order chi connectivity index (χ0) is 15.6. The Bertz CT molecular complexity index is 809. The SMILES string of the molecule is N#Cc1ccnc(OC2CN(S(=O)(=O)c3ccccc3)C2)c1. The van der Waals surface area contributed by atoms with E-state index in [1.165, 1.54) is 16.6 Å². The van der Waals surface area contributed by atoms with Crippen LogP contribution >= 0.6 is 0 Å². The highest BCUT2D eigenvalue weighted by atomic mass is 32.2. The fourth-order valence-corrected chi connectivity index (χ4v) is 3.65. The molecule has 2 heterocycles. The number of hydrogen-bond donors (Lipinski definition) is 0. The van der Waals surface area contributed by atoms with Crippen molar-refractivity contribution in [2.24, 2.45) is 0 Å². The van der Waals surface area contributed by atoms with E-state index in [0.29, 0.717) is 11.4 Å². The smallest absolute Gasteiger partial charge is 0.243 e. The molecular weight excluding hydrogens is 302 g/mol.